The Balaban J connectivity index is 1.72. The minimum absolute atomic E-state index is 0.530. The van der Waals surface area contributed by atoms with Crippen molar-refractivity contribution in [3.05, 3.63) is 48.5 Å². The maximum atomic E-state index is 5.95. The van der Waals surface area contributed by atoms with Gasteiger partial charge < -0.3 is 10.3 Å². The molecule has 2 heterocycles. The molecule has 0 saturated carbocycles. The van der Waals surface area contributed by atoms with Crippen LogP contribution in [0.1, 0.15) is 31.7 Å². The third-order valence-electron chi connectivity index (χ3n) is 4.57. The Hall–Kier alpha value is -1.65. The largest absolute Gasteiger partial charge is 0.329 e. The van der Waals surface area contributed by atoms with Gasteiger partial charge in [-0.1, -0.05) is 18.6 Å². The van der Waals surface area contributed by atoms with Crippen LogP contribution < -0.4 is 5.73 Å². The van der Waals surface area contributed by atoms with Gasteiger partial charge in [-0.05, 0) is 37.5 Å². The van der Waals surface area contributed by atoms with Gasteiger partial charge in [-0.15, -0.1) is 0 Å². The predicted octanol–water partition coefficient (Wildman–Crippen LogP) is 2.57. The maximum absolute atomic E-state index is 5.95. The molecule has 2 aromatic rings. The number of hydrogen-bond acceptors (Lipinski definition) is 3. The van der Waals surface area contributed by atoms with Crippen molar-refractivity contribution < 1.29 is 0 Å². The number of hydrogen-bond donors (Lipinski definition) is 1. The van der Waals surface area contributed by atoms with E-state index < -0.39 is 0 Å². The Bertz CT molecular complexity index is 547. The molecule has 2 unspecified atom stereocenters. The summed E-state index contributed by atoms with van der Waals surface area (Å²) in [5, 5.41) is 0. The SMILES string of the molecule is CC1CCCC(CN)N1Cc1ccc(-n2ccnc2)cc1. The van der Waals surface area contributed by atoms with E-state index in [1.165, 1.54) is 24.8 Å². The van der Waals surface area contributed by atoms with Gasteiger partial charge >= 0.3 is 0 Å². The summed E-state index contributed by atoms with van der Waals surface area (Å²) in [6, 6.07) is 9.89. The third-order valence-corrected chi connectivity index (χ3v) is 4.57. The second-order valence-electron chi connectivity index (χ2n) is 5.98. The first-order chi connectivity index (χ1) is 10.3. The lowest BCUT2D eigenvalue weighted by atomic mass is 9.95. The van der Waals surface area contributed by atoms with E-state index in [0.29, 0.717) is 12.1 Å². The van der Waals surface area contributed by atoms with Gasteiger partial charge in [0.25, 0.3) is 0 Å². The summed E-state index contributed by atoms with van der Waals surface area (Å²) < 4.78 is 2.02. The molecule has 2 N–H and O–H groups in total. The fourth-order valence-corrected chi connectivity index (χ4v) is 3.27. The highest BCUT2D eigenvalue weighted by Gasteiger charge is 2.26. The highest BCUT2D eigenvalue weighted by molar-refractivity contribution is 5.34. The van der Waals surface area contributed by atoms with E-state index in [1.807, 2.05) is 17.1 Å². The molecule has 0 bridgehead atoms. The van der Waals surface area contributed by atoms with E-state index in [2.05, 4.69) is 41.1 Å². The zero-order chi connectivity index (χ0) is 14.7. The van der Waals surface area contributed by atoms with Crippen molar-refractivity contribution in [2.45, 2.75) is 44.8 Å². The van der Waals surface area contributed by atoms with Crippen LogP contribution in [0.5, 0.6) is 0 Å². The molecule has 0 spiro atoms. The minimum atomic E-state index is 0.530. The summed E-state index contributed by atoms with van der Waals surface area (Å²) >= 11 is 0. The second kappa shape index (κ2) is 6.41. The molecule has 1 aliphatic rings. The predicted molar refractivity (Wildman–Crippen MR) is 85.3 cm³/mol. The summed E-state index contributed by atoms with van der Waals surface area (Å²) in [5.41, 5.74) is 8.45. The van der Waals surface area contributed by atoms with Gasteiger partial charge in [0.05, 0.1) is 6.33 Å². The average molecular weight is 284 g/mol. The minimum Gasteiger partial charge on any atom is -0.329 e. The number of rotatable bonds is 4. The molecule has 0 amide bonds. The van der Waals surface area contributed by atoms with Gasteiger partial charge in [-0.3, -0.25) is 4.90 Å². The van der Waals surface area contributed by atoms with Crippen molar-refractivity contribution >= 4 is 0 Å². The van der Waals surface area contributed by atoms with Crippen LogP contribution in [0.15, 0.2) is 43.0 Å². The highest BCUT2D eigenvalue weighted by Crippen LogP contribution is 2.24. The number of benzene rings is 1. The maximum Gasteiger partial charge on any atom is 0.0991 e. The summed E-state index contributed by atoms with van der Waals surface area (Å²) in [7, 11) is 0. The molecule has 4 nitrogen and oxygen atoms in total. The van der Waals surface area contributed by atoms with Crippen LogP contribution >= 0.6 is 0 Å². The smallest absolute Gasteiger partial charge is 0.0991 e. The van der Waals surface area contributed by atoms with Crippen molar-refractivity contribution in [1.82, 2.24) is 14.5 Å². The summed E-state index contributed by atoms with van der Waals surface area (Å²) in [4.78, 5) is 6.65. The lowest BCUT2D eigenvalue weighted by Gasteiger charge is -2.40. The van der Waals surface area contributed by atoms with E-state index >= 15 is 0 Å². The van der Waals surface area contributed by atoms with Crippen molar-refractivity contribution in [2.75, 3.05) is 6.54 Å². The topological polar surface area (TPSA) is 47.1 Å². The molecule has 21 heavy (non-hydrogen) atoms. The Morgan fingerprint density at radius 1 is 1.24 bits per heavy atom. The van der Waals surface area contributed by atoms with Gasteiger partial charge in [0.1, 0.15) is 0 Å². The molecule has 3 rings (SSSR count). The quantitative estimate of drug-likeness (QED) is 0.938. The lowest BCUT2D eigenvalue weighted by Crippen LogP contribution is -2.48. The summed E-state index contributed by atoms with van der Waals surface area (Å²) in [5.74, 6) is 0. The first-order valence-corrected chi connectivity index (χ1v) is 7.81. The van der Waals surface area contributed by atoms with Gasteiger partial charge in [-0.25, -0.2) is 4.98 Å². The third kappa shape index (κ3) is 3.17. The molecule has 0 radical (unpaired) electrons. The molecular formula is C17H24N4. The molecular weight excluding hydrogens is 260 g/mol. The summed E-state index contributed by atoms with van der Waals surface area (Å²) in [6.45, 7) is 4.08. The monoisotopic (exact) mass is 284 g/mol. The molecule has 4 heteroatoms. The van der Waals surface area contributed by atoms with Crippen molar-refractivity contribution in [1.29, 1.82) is 0 Å². The highest BCUT2D eigenvalue weighted by atomic mass is 15.2. The van der Waals surface area contributed by atoms with Crippen LogP contribution in [-0.4, -0.2) is 33.1 Å². The standard InChI is InChI=1S/C17H24N4/c1-14-3-2-4-17(11-18)21(14)12-15-5-7-16(8-6-15)20-10-9-19-13-20/h5-10,13-14,17H,2-4,11-12,18H2,1H3. The fourth-order valence-electron chi connectivity index (χ4n) is 3.27. The first-order valence-electron chi connectivity index (χ1n) is 7.81. The first kappa shape index (κ1) is 14.3. The van der Waals surface area contributed by atoms with Gasteiger partial charge in [0.15, 0.2) is 0 Å². The zero-order valence-corrected chi connectivity index (χ0v) is 12.7. The molecule has 1 aromatic heterocycles. The van der Waals surface area contributed by atoms with Crippen molar-refractivity contribution in [3.8, 4) is 5.69 Å². The molecule has 0 aliphatic carbocycles. The van der Waals surface area contributed by atoms with Crippen molar-refractivity contribution in [2.24, 2.45) is 5.73 Å². The van der Waals surface area contributed by atoms with Crippen LogP contribution in [0, 0.1) is 0 Å². The zero-order valence-electron chi connectivity index (χ0n) is 12.7. The van der Waals surface area contributed by atoms with E-state index in [9.17, 15) is 0 Å². The lowest BCUT2D eigenvalue weighted by molar-refractivity contribution is 0.0892. The Labute approximate surface area is 126 Å². The van der Waals surface area contributed by atoms with Gasteiger partial charge in [-0.2, -0.15) is 0 Å². The van der Waals surface area contributed by atoms with E-state index in [0.717, 1.165) is 18.8 Å². The fraction of sp³-hybridized carbons (Fsp3) is 0.471. The van der Waals surface area contributed by atoms with Crippen LogP contribution in [-0.2, 0) is 6.54 Å². The van der Waals surface area contributed by atoms with E-state index in [4.69, 9.17) is 5.73 Å². The normalized spacial score (nSPS) is 23.3. The molecule has 1 aliphatic heterocycles. The van der Waals surface area contributed by atoms with E-state index in [1.54, 1.807) is 6.20 Å². The molecule has 1 saturated heterocycles. The molecule has 1 fully saturated rings. The number of nitrogens with zero attached hydrogens (tertiary/aromatic N) is 3. The molecule has 112 valence electrons. The Morgan fingerprint density at radius 2 is 2.05 bits per heavy atom. The van der Waals surface area contributed by atoms with Crippen LogP contribution in [0.2, 0.25) is 0 Å². The van der Waals surface area contributed by atoms with Crippen LogP contribution in [0.4, 0.5) is 0 Å². The number of aromatic nitrogens is 2. The Morgan fingerprint density at radius 3 is 2.71 bits per heavy atom. The molecule has 1 aromatic carbocycles. The average Bonchev–Trinajstić information content (AvgIpc) is 3.04. The van der Waals surface area contributed by atoms with Gasteiger partial charge in [0, 0.05) is 43.3 Å². The second-order valence-corrected chi connectivity index (χ2v) is 5.98. The van der Waals surface area contributed by atoms with Crippen LogP contribution in [0.3, 0.4) is 0 Å². The number of nitrogens with two attached hydrogens (primary N) is 1. The Kier molecular flexibility index (Phi) is 4.36. The van der Waals surface area contributed by atoms with E-state index in [-0.39, 0.29) is 0 Å². The summed E-state index contributed by atoms with van der Waals surface area (Å²) in [6.07, 6.45) is 9.41. The van der Waals surface area contributed by atoms with Gasteiger partial charge in [0.2, 0.25) is 0 Å². The van der Waals surface area contributed by atoms with Crippen LogP contribution in [0.25, 0.3) is 5.69 Å². The molecule has 2 atom stereocenters. The number of piperidine rings is 1. The number of likely N-dealkylation sites (tertiary alicyclic amines) is 1. The number of imidazole rings is 1. The van der Waals surface area contributed by atoms with Crippen molar-refractivity contribution in [3.63, 3.8) is 0 Å².